The number of rotatable bonds is 3. The molecule has 0 aromatic heterocycles. The fraction of sp³-hybridized carbons (Fsp3) is 0.158. The molecule has 0 spiro atoms. The van der Waals surface area contributed by atoms with Gasteiger partial charge in [-0.25, -0.2) is 4.39 Å². The smallest absolute Gasteiger partial charge is 0.123 e. The number of fused-ring (bicyclic) bond motifs is 1. The lowest BCUT2D eigenvalue weighted by Gasteiger charge is -2.18. The molecule has 21 heavy (non-hydrogen) atoms. The van der Waals surface area contributed by atoms with Gasteiger partial charge in [-0.3, -0.25) is 0 Å². The van der Waals surface area contributed by atoms with Crippen molar-refractivity contribution in [1.29, 1.82) is 0 Å². The van der Waals surface area contributed by atoms with Crippen molar-refractivity contribution in [2.45, 2.75) is 19.9 Å². The average Bonchev–Trinajstić information content (AvgIpc) is 2.49. The van der Waals surface area contributed by atoms with Gasteiger partial charge in [0.1, 0.15) is 5.82 Å². The highest BCUT2D eigenvalue weighted by atomic mass is 19.1. The van der Waals surface area contributed by atoms with E-state index in [2.05, 4.69) is 42.6 Å². The van der Waals surface area contributed by atoms with Crippen molar-refractivity contribution in [2.24, 2.45) is 0 Å². The van der Waals surface area contributed by atoms with Gasteiger partial charge in [-0.15, -0.1) is 0 Å². The Morgan fingerprint density at radius 3 is 2.43 bits per heavy atom. The predicted octanol–water partition coefficient (Wildman–Crippen LogP) is 5.46. The summed E-state index contributed by atoms with van der Waals surface area (Å²) in [5.74, 6) is -0.198. The molecule has 0 fully saturated rings. The van der Waals surface area contributed by atoms with E-state index in [1.807, 2.05) is 19.1 Å². The van der Waals surface area contributed by atoms with Crippen LogP contribution in [0.3, 0.4) is 0 Å². The van der Waals surface area contributed by atoms with Crippen molar-refractivity contribution in [1.82, 2.24) is 0 Å². The van der Waals surface area contributed by atoms with E-state index in [1.54, 1.807) is 12.1 Å². The third-order valence-electron chi connectivity index (χ3n) is 3.83. The summed E-state index contributed by atoms with van der Waals surface area (Å²) < 4.78 is 13.2. The van der Waals surface area contributed by atoms with Crippen LogP contribution in [0.5, 0.6) is 0 Å². The van der Waals surface area contributed by atoms with Gasteiger partial charge in [-0.2, -0.15) is 0 Å². The molecule has 0 radical (unpaired) electrons. The SMILES string of the molecule is Cc1cc(F)ccc1NC(C)c1ccc2ccccc2c1. The van der Waals surface area contributed by atoms with E-state index in [4.69, 9.17) is 0 Å². The highest BCUT2D eigenvalue weighted by molar-refractivity contribution is 5.83. The van der Waals surface area contributed by atoms with E-state index in [1.165, 1.54) is 22.4 Å². The molecule has 0 aliphatic heterocycles. The van der Waals surface area contributed by atoms with Gasteiger partial charge < -0.3 is 5.32 Å². The molecule has 0 bridgehead atoms. The molecular weight excluding hydrogens is 261 g/mol. The lowest BCUT2D eigenvalue weighted by molar-refractivity contribution is 0.626. The van der Waals surface area contributed by atoms with Crippen LogP contribution in [0, 0.1) is 12.7 Å². The first kappa shape index (κ1) is 13.6. The van der Waals surface area contributed by atoms with Crippen molar-refractivity contribution in [2.75, 3.05) is 5.32 Å². The van der Waals surface area contributed by atoms with Gasteiger partial charge in [0, 0.05) is 11.7 Å². The Bertz CT molecular complexity index is 779. The topological polar surface area (TPSA) is 12.0 Å². The molecule has 0 saturated carbocycles. The van der Waals surface area contributed by atoms with Crippen LogP contribution in [0.25, 0.3) is 10.8 Å². The van der Waals surface area contributed by atoms with Crippen LogP contribution in [-0.4, -0.2) is 0 Å². The summed E-state index contributed by atoms with van der Waals surface area (Å²) in [7, 11) is 0. The summed E-state index contributed by atoms with van der Waals surface area (Å²) in [6.07, 6.45) is 0. The summed E-state index contributed by atoms with van der Waals surface area (Å²) >= 11 is 0. The van der Waals surface area contributed by atoms with Gasteiger partial charge >= 0.3 is 0 Å². The Morgan fingerprint density at radius 1 is 0.905 bits per heavy atom. The van der Waals surface area contributed by atoms with Crippen molar-refractivity contribution in [3.05, 3.63) is 77.6 Å². The third kappa shape index (κ3) is 2.89. The summed E-state index contributed by atoms with van der Waals surface area (Å²) in [4.78, 5) is 0. The van der Waals surface area contributed by atoms with E-state index in [0.717, 1.165) is 11.3 Å². The van der Waals surface area contributed by atoms with Crippen molar-refractivity contribution < 1.29 is 4.39 Å². The van der Waals surface area contributed by atoms with Crippen LogP contribution >= 0.6 is 0 Å². The van der Waals surface area contributed by atoms with Crippen molar-refractivity contribution in [3.63, 3.8) is 0 Å². The summed E-state index contributed by atoms with van der Waals surface area (Å²) in [6.45, 7) is 4.03. The molecule has 1 N–H and O–H groups in total. The van der Waals surface area contributed by atoms with Gasteiger partial charge in [0.2, 0.25) is 0 Å². The normalized spacial score (nSPS) is 12.3. The summed E-state index contributed by atoms with van der Waals surface area (Å²) in [5.41, 5.74) is 3.11. The Morgan fingerprint density at radius 2 is 1.67 bits per heavy atom. The molecule has 3 aromatic carbocycles. The second-order valence-corrected chi connectivity index (χ2v) is 5.43. The minimum atomic E-state index is -0.198. The van der Waals surface area contributed by atoms with Gasteiger partial charge in [0.15, 0.2) is 0 Å². The lowest BCUT2D eigenvalue weighted by Crippen LogP contribution is -2.07. The number of halogens is 1. The van der Waals surface area contributed by atoms with Crippen molar-refractivity contribution in [3.8, 4) is 0 Å². The molecule has 3 aromatic rings. The molecule has 0 heterocycles. The van der Waals surface area contributed by atoms with Gasteiger partial charge in [0.25, 0.3) is 0 Å². The lowest BCUT2D eigenvalue weighted by atomic mass is 10.0. The number of benzene rings is 3. The molecule has 0 aliphatic rings. The first-order valence-electron chi connectivity index (χ1n) is 7.15. The first-order chi connectivity index (χ1) is 10.1. The maximum absolute atomic E-state index is 13.2. The number of anilines is 1. The third-order valence-corrected chi connectivity index (χ3v) is 3.83. The zero-order valence-corrected chi connectivity index (χ0v) is 12.2. The van der Waals surface area contributed by atoms with E-state index < -0.39 is 0 Å². The van der Waals surface area contributed by atoms with Crippen LogP contribution in [0.1, 0.15) is 24.1 Å². The maximum Gasteiger partial charge on any atom is 0.123 e. The van der Waals surface area contributed by atoms with Gasteiger partial charge in [-0.05, 0) is 60.0 Å². The number of aryl methyl sites for hydroxylation is 1. The predicted molar refractivity (Wildman–Crippen MR) is 87.1 cm³/mol. The van der Waals surface area contributed by atoms with E-state index >= 15 is 0 Å². The fourth-order valence-corrected chi connectivity index (χ4v) is 2.58. The van der Waals surface area contributed by atoms with Crippen LogP contribution in [0.15, 0.2) is 60.7 Å². The molecule has 3 rings (SSSR count). The molecule has 106 valence electrons. The highest BCUT2D eigenvalue weighted by Gasteiger charge is 2.08. The van der Waals surface area contributed by atoms with Crippen molar-refractivity contribution >= 4 is 16.5 Å². The van der Waals surface area contributed by atoms with Crippen LogP contribution in [0.2, 0.25) is 0 Å². The second kappa shape index (κ2) is 5.57. The van der Waals surface area contributed by atoms with E-state index in [0.29, 0.717) is 0 Å². The Hall–Kier alpha value is -2.35. The van der Waals surface area contributed by atoms with E-state index in [9.17, 15) is 4.39 Å². The monoisotopic (exact) mass is 279 g/mol. The number of hydrogen-bond acceptors (Lipinski definition) is 1. The van der Waals surface area contributed by atoms with Crippen LogP contribution in [-0.2, 0) is 0 Å². The highest BCUT2D eigenvalue weighted by Crippen LogP contribution is 2.25. The second-order valence-electron chi connectivity index (χ2n) is 5.43. The van der Waals surface area contributed by atoms with Gasteiger partial charge in [0.05, 0.1) is 0 Å². The maximum atomic E-state index is 13.2. The zero-order chi connectivity index (χ0) is 14.8. The minimum absolute atomic E-state index is 0.166. The molecule has 1 atom stereocenters. The standard InChI is InChI=1S/C19H18FN/c1-13-11-18(20)9-10-19(13)21-14(2)16-8-7-15-5-3-4-6-17(15)12-16/h3-12,14,21H,1-2H3. The van der Waals surface area contributed by atoms with Gasteiger partial charge in [-0.1, -0.05) is 36.4 Å². The summed E-state index contributed by atoms with van der Waals surface area (Å²) in [5, 5.41) is 5.93. The van der Waals surface area contributed by atoms with Crippen LogP contribution < -0.4 is 5.32 Å². The minimum Gasteiger partial charge on any atom is -0.378 e. The molecule has 1 nitrogen and oxygen atoms in total. The average molecular weight is 279 g/mol. The largest absolute Gasteiger partial charge is 0.378 e. The molecule has 2 heteroatoms. The number of hydrogen-bond donors (Lipinski definition) is 1. The summed E-state index contributed by atoms with van der Waals surface area (Å²) in [6, 6.07) is 19.8. The van der Waals surface area contributed by atoms with Crippen LogP contribution in [0.4, 0.5) is 10.1 Å². The Labute approximate surface area is 124 Å². The zero-order valence-electron chi connectivity index (χ0n) is 12.2. The fourth-order valence-electron chi connectivity index (χ4n) is 2.58. The molecule has 1 unspecified atom stereocenters. The Balaban J connectivity index is 1.87. The van der Waals surface area contributed by atoms with E-state index in [-0.39, 0.29) is 11.9 Å². The Kier molecular flexibility index (Phi) is 3.61. The number of nitrogens with one attached hydrogen (secondary N) is 1. The molecule has 0 aliphatic carbocycles. The molecular formula is C19H18FN. The molecule has 0 saturated heterocycles. The molecule has 0 amide bonds. The quantitative estimate of drug-likeness (QED) is 0.671. The first-order valence-corrected chi connectivity index (χ1v) is 7.15.